The summed E-state index contributed by atoms with van der Waals surface area (Å²) in [6, 6.07) is 10.1. The number of benzene rings is 1. The lowest BCUT2D eigenvalue weighted by Gasteiger charge is -2.33. The predicted molar refractivity (Wildman–Crippen MR) is 86.5 cm³/mol. The van der Waals surface area contributed by atoms with E-state index in [2.05, 4.69) is 22.4 Å². The standard InChI is InChI=1S/C17H23N3O2/c1-12(21)13-6-8-20(9-7-13)17(22)18-11-15-10-14-4-2-3-5-16(14)19-15/h2-5,10,12-13,19,21H,6-9,11H2,1H3,(H,18,22). The van der Waals surface area contributed by atoms with Crippen molar-refractivity contribution in [3.8, 4) is 0 Å². The third-order valence-electron chi connectivity index (χ3n) is 4.52. The Hall–Kier alpha value is -2.01. The number of rotatable bonds is 3. The van der Waals surface area contributed by atoms with Gasteiger partial charge in [-0.1, -0.05) is 18.2 Å². The summed E-state index contributed by atoms with van der Waals surface area (Å²) in [5, 5.41) is 13.7. The highest BCUT2D eigenvalue weighted by molar-refractivity contribution is 5.80. The second-order valence-corrected chi connectivity index (χ2v) is 6.11. The van der Waals surface area contributed by atoms with Crippen molar-refractivity contribution in [3.05, 3.63) is 36.0 Å². The number of H-pyrrole nitrogens is 1. The summed E-state index contributed by atoms with van der Waals surface area (Å²) in [5.74, 6) is 0.317. The molecule has 118 valence electrons. The molecule has 0 saturated carbocycles. The average Bonchev–Trinajstić information content (AvgIpc) is 2.95. The van der Waals surface area contributed by atoms with Crippen molar-refractivity contribution in [1.82, 2.24) is 15.2 Å². The normalized spacial score (nSPS) is 17.6. The maximum absolute atomic E-state index is 12.2. The number of fused-ring (bicyclic) bond motifs is 1. The van der Waals surface area contributed by atoms with E-state index in [9.17, 15) is 9.90 Å². The van der Waals surface area contributed by atoms with Gasteiger partial charge < -0.3 is 20.3 Å². The van der Waals surface area contributed by atoms with Gasteiger partial charge in [-0.05, 0) is 43.2 Å². The lowest BCUT2D eigenvalue weighted by molar-refractivity contribution is 0.0798. The van der Waals surface area contributed by atoms with Crippen LogP contribution < -0.4 is 5.32 Å². The Balaban J connectivity index is 1.52. The lowest BCUT2D eigenvalue weighted by atomic mass is 9.92. The fourth-order valence-corrected chi connectivity index (χ4v) is 3.10. The van der Waals surface area contributed by atoms with Gasteiger partial charge in [0, 0.05) is 24.3 Å². The number of hydrogen-bond acceptors (Lipinski definition) is 2. The smallest absolute Gasteiger partial charge is 0.317 e. The highest BCUT2D eigenvalue weighted by Crippen LogP contribution is 2.20. The maximum atomic E-state index is 12.2. The van der Waals surface area contributed by atoms with Gasteiger partial charge in [0.25, 0.3) is 0 Å². The van der Waals surface area contributed by atoms with Crippen molar-refractivity contribution in [2.75, 3.05) is 13.1 Å². The molecule has 3 N–H and O–H groups in total. The van der Waals surface area contributed by atoms with Gasteiger partial charge in [0.05, 0.1) is 12.6 Å². The quantitative estimate of drug-likeness (QED) is 0.815. The third kappa shape index (κ3) is 3.25. The number of para-hydroxylation sites is 1. The largest absolute Gasteiger partial charge is 0.393 e. The van der Waals surface area contributed by atoms with Crippen molar-refractivity contribution in [2.45, 2.75) is 32.4 Å². The van der Waals surface area contributed by atoms with Crippen molar-refractivity contribution in [3.63, 3.8) is 0 Å². The van der Waals surface area contributed by atoms with Gasteiger partial charge in [-0.3, -0.25) is 0 Å². The molecule has 0 aliphatic carbocycles. The monoisotopic (exact) mass is 301 g/mol. The topological polar surface area (TPSA) is 68.4 Å². The molecule has 1 aromatic carbocycles. The van der Waals surface area contributed by atoms with Gasteiger partial charge in [-0.2, -0.15) is 0 Å². The second kappa shape index (κ2) is 6.40. The molecule has 2 amide bonds. The van der Waals surface area contributed by atoms with Crippen LogP contribution in [-0.2, 0) is 6.54 Å². The lowest BCUT2D eigenvalue weighted by Crippen LogP contribution is -2.45. The summed E-state index contributed by atoms with van der Waals surface area (Å²) in [6.07, 6.45) is 1.46. The Bertz CT molecular complexity index is 609. The summed E-state index contributed by atoms with van der Waals surface area (Å²) in [5.41, 5.74) is 2.10. The molecular formula is C17H23N3O2. The number of aromatic nitrogens is 1. The van der Waals surface area contributed by atoms with Crippen molar-refractivity contribution < 1.29 is 9.90 Å². The molecule has 3 rings (SSSR count). The molecule has 0 spiro atoms. The first-order valence-electron chi connectivity index (χ1n) is 7.91. The molecule has 1 saturated heterocycles. The number of urea groups is 1. The Kier molecular flexibility index (Phi) is 4.34. The number of piperidine rings is 1. The molecule has 1 atom stereocenters. The zero-order valence-corrected chi connectivity index (χ0v) is 12.9. The maximum Gasteiger partial charge on any atom is 0.317 e. The van der Waals surface area contributed by atoms with Crippen LogP contribution in [0.1, 0.15) is 25.5 Å². The summed E-state index contributed by atoms with van der Waals surface area (Å²) in [6.45, 7) is 3.77. The molecule has 1 fully saturated rings. The number of nitrogens with zero attached hydrogens (tertiary/aromatic N) is 1. The molecule has 0 bridgehead atoms. The molecule has 22 heavy (non-hydrogen) atoms. The van der Waals surface area contributed by atoms with E-state index in [1.54, 1.807) is 0 Å². The van der Waals surface area contributed by atoms with E-state index in [4.69, 9.17) is 0 Å². The fourth-order valence-electron chi connectivity index (χ4n) is 3.10. The number of hydrogen-bond donors (Lipinski definition) is 3. The van der Waals surface area contributed by atoms with Gasteiger partial charge in [0.1, 0.15) is 0 Å². The van der Waals surface area contributed by atoms with E-state index in [0.717, 1.165) is 29.4 Å². The van der Waals surface area contributed by atoms with Crippen LogP contribution in [0.2, 0.25) is 0 Å². The zero-order valence-electron chi connectivity index (χ0n) is 12.9. The van der Waals surface area contributed by atoms with E-state index in [-0.39, 0.29) is 12.1 Å². The van der Waals surface area contributed by atoms with Crippen LogP contribution in [0.5, 0.6) is 0 Å². The minimum atomic E-state index is -0.281. The Morgan fingerprint density at radius 3 is 2.82 bits per heavy atom. The van der Waals surface area contributed by atoms with Gasteiger partial charge in [-0.25, -0.2) is 4.79 Å². The Labute approximate surface area is 130 Å². The molecule has 1 aliphatic rings. The minimum Gasteiger partial charge on any atom is -0.393 e. The summed E-state index contributed by atoms with van der Waals surface area (Å²) >= 11 is 0. The summed E-state index contributed by atoms with van der Waals surface area (Å²) in [4.78, 5) is 17.3. The molecule has 1 unspecified atom stereocenters. The van der Waals surface area contributed by atoms with Gasteiger partial charge >= 0.3 is 6.03 Å². The first kappa shape index (κ1) is 14.9. The number of aliphatic hydroxyl groups excluding tert-OH is 1. The third-order valence-corrected chi connectivity index (χ3v) is 4.52. The number of amides is 2. The zero-order chi connectivity index (χ0) is 15.5. The van der Waals surface area contributed by atoms with E-state index in [0.29, 0.717) is 25.6 Å². The average molecular weight is 301 g/mol. The number of nitrogens with one attached hydrogen (secondary N) is 2. The van der Waals surface area contributed by atoms with E-state index in [1.807, 2.05) is 30.0 Å². The van der Waals surface area contributed by atoms with Gasteiger partial charge in [0.2, 0.25) is 0 Å². The molecule has 1 aromatic heterocycles. The molecule has 1 aliphatic heterocycles. The second-order valence-electron chi connectivity index (χ2n) is 6.11. The van der Waals surface area contributed by atoms with Crippen LogP contribution in [-0.4, -0.2) is 40.2 Å². The first-order valence-corrected chi connectivity index (χ1v) is 7.91. The van der Waals surface area contributed by atoms with Crippen molar-refractivity contribution in [1.29, 1.82) is 0 Å². The number of carbonyl (C=O) groups excluding carboxylic acids is 1. The van der Waals surface area contributed by atoms with Gasteiger partial charge in [0.15, 0.2) is 0 Å². The number of likely N-dealkylation sites (tertiary alicyclic amines) is 1. The SMILES string of the molecule is CC(O)C1CCN(C(=O)NCc2cc3ccccc3[nH]2)CC1. The minimum absolute atomic E-state index is 0.0253. The Morgan fingerprint density at radius 1 is 1.41 bits per heavy atom. The first-order chi connectivity index (χ1) is 10.6. The summed E-state index contributed by atoms with van der Waals surface area (Å²) in [7, 11) is 0. The van der Waals surface area contributed by atoms with E-state index < -0.39 is 0 Å². The van der Waals surface area contributed by atoms with Crippen molar-refractivity contribution in [2.24, 2.45) is 5.92 Å². The van der Waals surface area contributed by atoms with Crippen LogP contribution in [0.15, 0.2) is 30.3 Å². The fraction of sp³-hybridized carbons (Fsp3) is 0.471. The molecule has 5 nitrogen and oxygen atoms in total. The van der Waals surface area contributed by atoms with Crippen LogP contribution in [0, 0.1) is 5.92 Å². The van der Waals surface area contributed by atoms with Crippen LogP contribution >= 0.6 is 0 Å². The van der Waals surface area contributed by atoms with E-state index in [1.165, 1.54) is 0 Å². The number of aromatic amines is 1. The molecule has 0 radical (unpaired) electrons. The molecule has 5 heteroatoms. The molecule has 2 heterocycles. The highest BCUT2D eigenvalue weighted by atomic mass is 16.3. The van der Waals surface area contributed by atoms with Crippen LogP contribution in [0.4, 0.5) is 4.79 Å². The molecule has 2 aromatic rings. The molecular weight excluding hydrogens is 278 g/mol. The number of aliphatic hydroxyl groups is 1. The van der Waals surface area contributed by atoms with Gasteiger partial charge in [-0.15, -0.1) is 0 Å². The summed E-state index contributed by atoms with van der Waals surface area (Å²) < 4.78 is 0. The Morgan fingerprint density at radius 2 is 2.14 bits per heavy atom. The van der Waals surface area contributed by atoms with Crippen LogP contribution in [0.3, 0.4) is 0 Å². The number of carbonyl (C=O) groups is 1. The highest BCUT2D eigenvalue weighted by Gasteiger charge is 2.25. The predicted octanol–water partition coefficient (Wildman–Crippen LogP) is 2.47. The van der Waals surface area contributed by atoms with Crippen LogP contribution in [0.25, 0.3) is 10.9 Å². The van der Waals surface area contributed by atoms with E-state index >= 15 is 0 Å². The van der Waals surface area contributed by atoms with Crippen molar-refractivity contribution >= 4 is 16.9 Å².